The van der Waals surface area contributed by atoms with E-state index in [0.717, 1.165) is 0 Å². The molecule has 2 N–H and O–H groups in total. The second-order valence-electron chi connectivity index (χ2n) is 4.05. The van der Waals surface area contributed by atoms with Crippen molar-refractivity contribution in [1.29, 1.82) is 0 Å². The Bertz CT molecular complexity index is 429. The lowest BCUT2D eigenvalue weighted by molar-refractivity contribution is 0.0728. The summed E-state index contributed by atoms with van der Waals surface area (Å²) >= 11 is 3.35. The summed E-state index contributed by atoms with van der Waals surface area (Å²) in [4.78, 5) is 14.1. The summed E-state index contributed by atoms with van der Waals surface area (Å²) in [5, 5.41) is 0. The molecule has 0 fully saturated rings. The highest BCUT2D eigenvalue weighted by Gasteiger charge is 2.20. The van der Waals surface area contributed by atoms with Crippen molar-refractivity contribution in [2.75, 3.05) is 12.3 Å². The first-order chi connectivity index (χ1) is 7.99. The lowest BCUT2D eigenvalue weighted by atomic mass is 10.1. The molecule has 1 rings (SSSR count). The molecule has 0 bridgehead atoms. The number of amides is 1. The Morgan fingerprint density at radius 3 is 2.76 bits per heavy atom. The van der Waals surface area contributed by atoms with E-state index in [1.165, 1.54) is 0 Å². The molecule has 4 heteroatoms. The second-order valence-corrected chi connectivity index (χ2v) is 4.84. The lowest BCUT2D eigenvalue weighted by Crippen LogP contribution is -2.37. The highest BCUT2D eigenvalue weighted by molar-refractivity contribution is 9.10. The number of nitrogens with two attached hydrogens (primary N) is 1. The minimum absolute atomic E-state index is 0.0425. The van der Waals surface area contributed by atoms with Gasteiger partial charge in [0.1, 0.15) is 0 Å². The number of halogens is 1. The van der Waals surface area contributed by atoms with Gasteiger partial charge in [-0.2, -0.15) is 0 Å². The van der Waals surface area contributed by atoms with Crippen LogP contribution in [0.2, 0.25) is 0 Å². The van der Waals surface area contributed by atoms with E-state index in [1.54, 1.807) is 29.2 Å². The number of nitrogens with zero attached hydrogens (tertiary/aromatic N) is 1. The van der Waals surface area contributed by atoms with E-state index in [2.05, 4.69) is 22.5 Å². The van der Waals surface area contributed by atoms with E-state index in [-0.39, 0.29) is 11.9 Å². The van der Waals surface area contributed by atoms with Crippen LogP contribution < -0.4 is 5.73 Å². The number of benzene rings is 1. The SMILES string of the molecule is C=CCN(C(=O)c1cccc(N)c1Br)C(C)C. The van der Waals surface area contributed by atoms with Crippen molar-refractivity contribution in [1.82, 2.24) is 4.90 Å². The fraction of sp³-hybridized carbons (Fsp3) is 0.308. The van der Waals surface area contributed by atoms with E-state index < -0.39 is 0 Å². The average molecular weight is 297 g/mol. The molecule has 1 amide bonds. The third-order valence-corrected chi connectivity index (χ3v) is 3.35. The normalized spacial score (nSPS) is 10.4. The maximum absolute atomic E-state index is 12.3. The summed E-state index contributed by atoms with van der Waals surface area (Å²) in [5.74, 6) is -0.0425. The Kier molecular flexibility index (Phi) is 4.75. The smallest absolute Gasteiger partial charge is 0.255 e. The third-order valence-electron chi connectivity index (χ3n) is 2.47. The molecule has 17 heavy (non-hydrogen) atoms. The zero-order chi connectivity index (χ0) is 13.0. The van der Waals surface area contributed by atoms with Crippen LogP contribution in [0.25, 0.3) is 0 Å². The van der Waals surface area contributed by atoms with Crippen LogP contribution in [0.15, 0.2) is 35.3 Å². The monoisotopic (exact) mass is 296 g/mol. The molecule has 92 valence electrons. The van der Waals surface area contributed by atoms with Gasteiger partial charge in [0, 0.05) is 18.3 Å². The molecular weight excluding hydrogens is 280 g/mol. The van der Waals surface area contributed by atoms with Gasteiger partial charge in [0.2, 0.25) is 0 Å². The molecule has 0 unspecified atom stereocenters. The molecule has 0 aliphatic carbocycles. The van der Waals surface area contributed by atoms with Crippen LogP contribution in [0.4, 0.5) is 5.69 Å². The molecule has 0 radical (unpaired) electrons. The van der Waals surface area contributed by atoms with Gasteiger partial charge in [0.25, 0.3) is 5.91 Å². The number of anilines is 1. The number of hydrogen-bond donors (Lipinski definition) is 1. The number of nitrogen functional groups attached to an aromatic ring is 1. The fourth-order valence-corrected chi connectivity index (χ4v) is 1.97. The molecule has 0 aromatic heterocycles. The Morgan fingerprint density at radius 1 is 1.59 bits per heavy atom. The molecule has 0 saturated carbocycles. The predicted octanol–water partition coefficient (Wildman–Crippen LogP) is 3.07. The molecule has 1 aromatic rings. The summed E-state index contributed by atoms with van der Waals surface area (Å²) in [6.45, 7) is 8.14. The Hall–Kier alpha value is -1.29. The average Bonchev–Trinajstić information content (AvgIpc) is 2.28. The lowest BCUT2D eigenvalue weighted by Gasteiger charge is -2.26. The third kappa shape index (κ3) is 3.09. The van der Waals surface area contributed by atoms with Gasteiger partial charge in [-0.25, -0.2) is 0 Å². The summed E-state index contributed by atoms with van der Waals surface area (Å²) in [6.07, 6.45) is 1.72. The van der Waals surface area contributed by atoms with E-state index in [1.807, 2.05) is 13.8 Å². The van der Waals surface area contributed by atoms with Crippen LogP contribution in [-0.2, 0) is 0 Å². The molecule has 0 aliphatic rings. The van der Waals surface area contributed by atoms with E-state index in [4.69, 9.17) is 5.73 Å². The van der Waals surface area contributed by atoms with E-state index >= 15 is 0 Å². The minimum atomic E-state index is -0.0425. The summed E-state index contributed by atoms with van der Waals surface area (Å²) < 4.78 is 0.653. The number of hydrogen-bond acceptors (Lipinski definition) is 2. The summed E-state index contributed by atoms with van der Waals surface area (Å²) in [6, 6.07) is 5.42. The molecule has 0 spiro atoms. The maximum atomic E-state index is 12.3. The fourth-order valence-electron chi connectivity index (χ4n) is 1.54. The number of carbonyl (C=O) groups excluding carboxylic acids is 1. The van der Waals surface area contributed by atoms with E-state index in [9.17, 15) is 4.79 Å². The van der Waals surface area contributed by atoms with Crippen LogP contribution >= 0.6 is 15.9 Å². The minimum Gasteiger partial charge on any atom is -0.398 e. The van der Waals surface area contributed by atoms with Gasteiger partial charge in [0.15, 0.2) is 0 Å². The predicted molar refractivity (Wildman–Crippen MR) is 74.9 cm³/mol. The number of rotatable bonds is 4. The van der Waals surface area contributed by atoms with Crippen LogP contribution in [0, 0.1) is 0 Å². The first-order valence-electron chi connectivity index (χ1n) is 5.45. The maximum Gasteiger partial charge on any atom is 0.255 e. The highest BCUT2D eigenvalue weighted by Crippen LogP contribution is 2.25. The van der Waals surface area contributed by atoms with E-state index in [0.29, 0.717) is 22.3 Å². The molecule has 3 nitrogen and oxygen atoms in total. The van der Waals surface area contributed by atoms with Crippen molar-refractivity contribution < 1.29 is 4.79 Å². The van der Waals surface area contributed by atoms with Crippen molar-refractivity contribution in [2.24, 2.45) is 0 Å². The standard InChI is InChI=1S/C13H17BrN2O/c1-4-8-16(9(2)3)13(17)10-6-5-7-11(15)12(10)14/h4-7,9H,1,8,15H2,2-3H3. The van der Waals surface area contributed by atoms with Gasteiger partial charge in [-0.15, -0.1) is 6.58 Å². The molecular formula is C13H17BrN2O. The van der Waals surface area contributed by atoms with Gasteiger partial charge in [-0.05, 0) is 41.9 Å². The van der Waals surface area contributed by atoms with Crippen LogP contribution in [0.3, 0.4) is 0 Å². The van der Waals surface area contributed by atoms with Crippen molar-refractivity contribution >= 4 is 27.5 Å². The van der Waals surface area contributed by atoms with Crippen molar-refractivity contribution in [3.8, 4) is 0 Å². The molecule has 0 aliphatic heterocycles. The Balaban J connectivity index is 3.09. The van der Waals surface area contributed by atoms with Gasteiger partial charge >= 0.3 is 0 Å². The largest absolute Gasteiger partial charge is 0.398 e. The zero-order valence-electron chi connectivity index (χ0n) is 10.1. The second kappa shape index (κ2) is 5.87. The molecule has 0 saturated heterocycles. The van der Waals surface area contributed by atoms with Gasteiger partial charge in [-0.1, -0.05) is 12.1 Å². The Morgan fingerprint density at radius 2 is 2.24 bits per heavy atom. The highest BCUT2D eigenvalue weighted by atomic mass is 79.9. The quantitative estimate of drug-likeness (QED) is 0.686. The van der Waals surface area contributed by atoms with Crippen LogP contribution in [0.5, 0.6) is 0 Å². The van der Waals surface area contributed by atoms with Crippen molar-refractivity contribution in [3.63, 3.8) is 0 Å². The van der Waals surface area contributed by atoms with Crippen LogP contribution in [-0.4, -0.2) is 23.4 Å². The topological polar surface area (TPSA) is 46.3 Å². The first kappa shape index (κ1) is 13.8. The van der Waals surface area contributed by atoms with Crippen LogP contribution in [0.1, 0.15) is 24.2 Å². The van der Waals surface area contributed by atoms with Gasteiger partial charge < -0.3 is 10.6 Å². The number of carbonyl (C=O) groups is 1. The van der Waals surface area contributed by atoms with Crippen molar-refractivity contribution in [3.05, 3.63) is 40.9 Å². The molecule has 0 heterocycles. The van der Waals surface area contributed by atoms with Crippen molar-refractivity contribution in [2.45, 2.75) is 19.9 Å². The van der Waals surface area contributed by atoms with Gasteiger partial charge in [-0.3, -0.25) is 4.79 Å². The first-order valence-corrected chi connectivity index (χ1v) is 6.24. The zero-order valence-corrected chi connectivity index (χ0v) is 11.7. The van der Waals surface area contributed by atoms with Gasteiger partial charge in [0.05, 0.1) is 10.0 Å². The molecule has 1 aromatic carbocycles. The summed E-state index contributed by atoms with van der Waals surface area (Å²) in [7, 11) is 0. The Labute approximate surface area is 110 Å². The summed E-state index contributed by atoms with van der Waals surface area (Å²) in [5.41, 5.74) is 6.92. The molecule has 0 atom stereocenters.